The van der Waals surface area contributed by atoms with Crippen LogP contribution in [0.2, 0.25) is 10.0 Å². The number of carbonyl (C=O) groups is 2. The minimum absolute atomic E-state index is 0.0309. The zero-order valence-corrected chi connectivity index (χ0v) is 26.3. The molecule has 0 radical (unpaired) electrons. The summed E-state index contributed by atoms with van der Waals surface area (Å²) in [5.74, 6) is -1.46. The van der Waals surface area contributed by atoms with E-state index in [-0.39, 0.29) is 54.6 Å². The van der Waals surface area contributed by atoms with Gasteiger partial charge in [0.2, 0.25) is 6.19 Å². The summed E-state index contributed by atoms with van der Waals surface area (Å²) < 4.78 is 44.9. The number of hydrogen-bond donors (Lipinski definition) is 0. The van der Waals surface area contributed by atoms with Crippen LogP contribution in [0.1, 0.15) is 48.0 Å². The number of aliphatic imine (C=N–C) groups is 1. The molecule has 3 aliphatic rings. The van der Waals surface area contributed by atoms with E-state index in [1.807, 2.05) is 36.5 Å². The van der Waals surface area contributed by atoms with Gasteiger partial charge in [-0.1, -0.05) is 53.5 Å². The Morgan fingerprint density at radius 3 is 2.24 bits per heavy atom. The van der Waals surface area contributed by atoms with Crippen molar-refractivity contribution in [2.24, 2.45) is 16.8 Å². The highest BCUT2D eigenvalue weighted by Gasteiger charge is 2.43. The predicted molar refractivity (Wildman–Crippen MR) is 165 cm³/mol. The largest absolute Gasteiger partial charge is 0.453 e. The quantitative estimate of drug-likeness (QED) is 0.320. The Labute approximate surface area is 270 Å². The zero-order valence-electron chi connectivity index (χ0n) is 24.8. The van der Waals surface area contributed by atoms with Gasteiger partial charge in [-0.2, -0.15) is 23.4 Å². The number of nitrogens with zero attached hydrogens (tertiary/aromatic N) is 5. The molecule has 0 saturated carbocycles. The van der Waals surface area contributed by atoms with Gasteiger partial charge in [0.05, 0.1) is 23.6 Å². The number of benzene rings is 2. The average molecular weight is 665 g/mol. The average Bonchev–Trinajstić information content (AvgIpc) is 3.44. The van der Waals surface area contributed by atoms with E-state index < -0.39 is 18.0 Å². The predicted octanol–water partition coefficient (Wildman–Crippen LogP) is 7.05. The topological polar surface area (TPSA) is 89.2 Å². The number of halogens is 5. The highest BCUT2D eigenvalue weighted by atomic mass is 35.5. The van der Waals surface area contributed by atoms with E-state index in [1.165, 1.54) is 12.0 Å². The summed E-state index contributed by atoms with van der Waals surface area (Å²) >= 11 is 13.9. The van der Waals surface area contributed by atoms with Crippen LogP contribution in [0.4, 0.5) is 18.0 Å². The fourth-order valence-corrected chi connectivity index (χ4v) is 7.44. The van der Waals surface area contributed by atoms with Crippen molar-refractivity contribution in [3.05, 3.63) is 57.6 Å². The SMILES string of the molecule is COC(=O)N1CCC(N2CCC(Cc3c(Cl)cc(-c4ccccc4)c(C(=O)N4CCC(C(F)(F)F)CC4)c3Cl)C2=NC#N)CC1. The summed E-state index contributed by atoms with van der Waals surface area (Å²) in [7, 11) is 1.36. The van der Waals surface area contributed by atoms with Crippen LogP contribution >= 0.6 is 23.2 Å². The Hall–Kier alpha value is -3.49. The smallest absolute Gasteiger partial charge is 0.409 e. The lowest BCUT2D eigenvalue weighted by Crippen LogP contribution is -2.47. The number of ether oxygens (including phenoxy) is 1. The monoisotopic (exact) mass is 663 g/mol. The molecule has 0 spiro atoms. The van der Waals surface area contributed by atoms with Crippen LogP contribution < -0.4 is 0 Å². The number of alkyl halides is 3. The Kier molecular flexibility index (Phi) is 10.1. The zero-order chi connectivity index (χ0) is 32.3. The molecule has 240 valence electrons. The summed E-state index contributed by atoms with van der Waals surface area (Å²) in [6.45, 7) is 1.66. The molecule has 0 N–H and O–H groups in total. The molecule has 8 nitrogen and oxygen atoms in total. The van der Waals surface area contributed by atoms with Crippen molar-refractivity contribution in [2.45, 2.75) is 50.7 Å². The minimum atomic E-state index is -4.30. The third-order valence-electron chi connectivity index (χ3n) is 9.19. The number of hydrogen-bond acceptors (Lipinski definition) is 5. The molecule has 0 bridgehead atoms. The minimum Gasteiger partial charge on any atom is -0.453 e. The molecule has 45 heavy (non-hydrogen) atoms. The Balaban J connectivity index is 1.43. The Bertz CT molecular complexity index is 1480. The van der Waals surface area contributed by atoms with Crippen LogP contribution in [-0.2, 0) is 11.2 Å². The number of likely N-dealkylation sites (tertiary alicyclic amines) is 3. The van der Waals surface area contributed by atoms with Crippen LogP contribution in [0, 0.1) is 23.3 Å². The highest BCUT2D eigenvalue weighted by molar-refractivity contribution is 6.39. The lowest BCUT2D eigenvalue weighted by molar-refractivity contribution is -0.183. The van der Waals surface area contributed by atoms with Crippen molar-refractivity contribution >= 4 is 41.0 Å². The van der Waals surface area contributed by atoms with Crippen molar-refractivity contribution in [2.75, 3.05) is 39.8 Å². The first-order chi connectivity index (χ1) is 21.5. The van der Waals surface area contributed by atoms with Crippen molar-refractivity contribution in [3.63, 3.8) is 0 Å². The molecule has 3 saturated heterocycles. The molecule has 1 atom stereocenters. The van der Waals surface area contributed by atoms with Gasteiger partial charge in [0.1, 0.15) is 5.84 Å². The molecule has 3 aliphatic heterocycles. The van der Waals surface area contributed by atoms with E-state index >= 15 is 0 Å². The van der Waals surface area contributed by atoms with Crippen LogP contribution in [0.3, 0.4) is 0 Å². The van der Waals surface area contributed by atoms with Gasteiger partial charge in [-0.3, -0.25) is 4.79 Å². The van der Waals surface area contributed by atoms with Crippen molar-refractivity contribution in [3.8, 4) is 17.3 Å². The molecule has 3 heterocycles. The van der Waals surface area contributed by atoms with E-state index in [4.69, 9.17) is 27.9 Å². The summed E-state index contributed by atoms with van der Waals surface area (Å²) in [5.41, 5.74) is 1.95. The molecule has 5 rings (SSSR count). The molecule has 2 amide bonds. The maximum absolute atomic E-state index is 14.0. The summed E-state index contributed by atoms with van der Waals surface area (Å²) in [5, 5.41) is 10.1. The van der Waals surface area contributed by atoms with Crippen LogP contribution in [0.5, 0.6) is 0 Å². The van der Waals surface area contributed by atoms with E-state index in [2.05, 4.69) is 9.89 Å². The normalized spacial score (nSPS) is 20.9. The summed E-state index contributed by atoms with van der Waals surface area (Å²) in [6.07, 6.45) is -0.673. The third-order valence-corrected chi connectivity index (χ3v) is 9.94. The molecule has 0 aliphatic carbocycles. The molecule has 2 aromatic carbocycles. The Morgan fingerprint density at radius 1 is 1.00 bits per heavy atom. The second-order valence-corrected chi connectivity index (χ2v) is 12.5. The first kappa shape index (κ1) is 32.9. The number of carbonyl (C=O) groups excluding carboxylic acids is 2. The summed E-state index contributed by atoms with van der Waals surface area (Å²) in [4.78, 5) is 35.4. The van der Waals surface area contributed by atoms with Gasteiger partial charge in [-0.05, 0) is 61.3 Å². The van der Waals surface area contributed by atoms with Gasteiger partial charge in [-0.15, -0.1) is 0 Å². The maximum Gasteiger partial charge on any atom is 0.409 e. The molecule has 2 aromatic rings. The van der Waals surface area contributed by atoms with Gasteiger partial charge >= 0.3 is 12.3 Å². The fourth-order valence-electron chi connectivity index (χ4n) is 6.75. The van der Waals surface area contributed by atoms with E-state index in [0.29, 0.717) is 72.9 Å². The van der Waals surface area contributed by atoms with Gasteiger partial charge < -0.3 is 19.4 Å². The number of piperidine rings is 2. The molecule has 1 unspecified atom stereocenters. The van der Waals surface area contributed by atoms with Gasteiger partial charge in [0, 0.05) is 49.7 Å². The first-order valence-electron chi connectivity index (χ1n) is 15.0. The van der Waals surface area contributed by atoms with Crippen LogP contribution in [0.25, 0.3) is 11.1 Å². The molecular weight excluding hydrogens is 630 g/mol. The molecular formula is C32H34Cl2F3N5O3. The van der Waals surface area contributed by atoms with Crippen molar-refractivity contribution < 1.29 is 27.5 Å². The molecule has 0 aromatic heterocycles. The number of nitriles is 1. The number of rotatable bonds is 5. The molecule has 3 fully saturated rings. The number of amides is 2. The van der Waals surface area contributed by atoms with Crippen molar-refractivity contribution in [1.29, 1.82) is 5.26 Å². The molecule has 13 heteroatoms. The first-order valence-corrected chi connectivity index (χ1v) is 15.8. The third kappa shape index (κ3) is 7.02. The fraction of sp³-hybridized carbons (Fsp3) is 0.500. The maximum atomic E-state index is 14.0. The van der Waals surface area contributed by atoms with Crippen LogP contribution in [-0.4, -0.2) is 84.6 Å². The highest BCUT2D eigenvalue weighted by Crippen LogP contribution is 2.41. The second kappa shape index (κ2) is 13.9. The van der Waals surface area contributed by atoms with Gasteiger partial charge in [0.25, 0.3) is 5.91 Å². The van der Waals surface area contributed by atoms with Gasteiger partial charge in [-0.25, -0.2) is 4.79 Å². The standard InChI is InChI=1S/C32H34Cl2F3N5O3/c1-45-31(44)41-14-10-23(11-15-41)42-16-7-21(29(42)39-19-38)17-25-26(33)18-24(20-5-3-2-4-6-20)27(28(25)34)30(43)40-12-8-22(9-13-40)32(35,36)37/h2-6,18,21-23H,7-17H2,1H3. The lowest BCUT2D eigenvalue weighted by atomic mass is 9.90. The van der Waals surface area contributed by atoms with E-state index in [9.17, 15) is 28.0 Å². The lowest BCUT2D eigenvalue weighted by Gasteiger charge is -2.37. The van der Waals surface area contributed by atoms with Gasteiger partial charge in [0.15, 0.2) is 0 Å². The summed E-state index contributed by atoms with van der Waals surface area (Å²) in [6, 6.07) is 10.9. The van der Waals surface area contributed by atoms with E-state index in [0.717, 1.165) is 0 Å². The van der Waals surface area contributed by atoms with Crippen LogP contribution in [0.15, 0.2) is 41.4 Å². The number of methoxy groups -OCH3 is 1. The number of amidine groups is 1. The van der Waals surface area contributed by atoms with E-state index in [1.54, 1.807) is 11.0 Å². The van der Waals surface area contributed by atoms with Crippen molar-refractivity contribution in [1.82, 2.24) is 14.7 Å². The second-order valence-electron chi connectivity index (χ2n) is 11.7. The Morgan fingerprint density at radius 2 is 1.64 bits per heavy atom.